The molecule has 0 aliphatic rings. The summed E-state index contributed by atoms with van der Waals surface area (Å²) in [6.07, 6.45) is 7.46. The highest BCUT2D eigenvalue weighted by Crippen LogP contribution is 2.15. The van der Waals surface area contributed by atoms with Gasteiger partial charge in [-0.15, -0.1) is 11.6 Å². The largest absolute Gasteiger partial charge is 0.391 e. The smallest absolute Gasteiger partial charge is 0.229 e. The van der Waals surface area contributed by atoms with Gasteiger partial charge >= 0.3 is 0 Å². The molecular formula is C17H23ClO2. The van der Waals surface area contributed by atoms with Crippen molar-refractivity contribution in [2.24, 2.45) is 0 Å². The highest BCUT2D eigenvalue weighted by atomic mass is 35.5. The van der Waals surface area contributed by atoms with E-state index in [4.69, 9.17) is 11.6 Å². The van der Waals surface area contributed by atoms with Crippen molar-refractivity contribution in [2.75, 3.05) is 0 Å². The molecule has 0 aliphatic carbocycles. The average molecular weight is 295 g/mol. The van der Waals surface area contributed by atoms with Crippen molar-refractivity contribution in [3.05, 3.63) is 12.7 Å². The molecule has 0 aromatic heterocycles. The van der Waals surface area contributed by atoms with Crippen molar-refractivity contribution in [3.8, 4) is 23.7 Å². The van der Waals surface area contributed by atoms with E-state index >= 15 is 0 Å². The Morgan fingerprint density at radius 2 is 2.00 bits per heavy atom. The van der Waals surface area contributed by atoms with E-state index in [-0.39, 0.29) is 17.6 Å². The molecule has 0 aliphatic heterocycles. The number of rotatable bonds is 9. The molecule has 110 valence electrons. The Kier molecular flexibility index (Phi) is 12.0. The lowest BCUT2D eigenvalue weighted by atomic mass is 10.1. The third kappa shape index (κ3) is 10.7. The molecule has 2 atom stereocenters. The molecule has 0 aromatic rings. The van der Waals surface area contributed by atoms with Crippen molar-refractivity contribution in [1.82, 2.24) is 0 Å². The van der Waals surface area contributed by atoms with Crippen LogP contribution in [0.25, 0.3) is 0 Å². The first-order valence-corrected chi connectivity index (χ1v) is 7.52. The van der Waals surface area contributed by atoms with Crippen LogP contribution in [0.3, 0.4) is 0 Å². The van der Waals surface area contributed by atoms with E-state index in [1.165, 1.54) is 19.3 Å². The number of halogens is 1. The van der Waals surface area contributed by atoms with Gasteiger partial charge in [0.05, 0.1) is 11.5 Å². The maximum absolute atomic E-state index is 10.8. The number of carbonyl (C=O) groups is 1. The van der Waals surface area contributed by atoms with Crippen LogP contribution in [-0.4, -0.2) is 22.4 Å². The van der Waals surface area contributed by atoms with Crippen LogP contribution >= 0.6 is 11.6 Å². The minimum atomic E-state index is -0.646. The number of hydrogen-bond acceptors (Lipinski definition) is 2. The molecule has 0 aromatic carbocycles. The predicted octanol–water partition coefficient (Wildman–Crippen LogP) is 3.47. The molecule has 0 saturated heterocycles. The van der Waals surface area contributed by atoms with E-state index in [0.717, 1.165) is 25.3 Å². The van der Waals surface area contributed by atoms with Crippen molar-refractivity contribution in [2.45, 2.75) is 63.4 Å². The molecule has 0 rings (SSSR count). The molecular weight excluding hydrogens is 272 g/mol. The summed E-state index contributed by atoms with van der Waals surface area (Å²) in [5.41, 5.74) is 0. The predicted molar refractivity (Wildman–Crippen MR) is 84.4 cm³/mol. The van der Waals surface area contributed by atoms with Gasteiger partial charge in [0, 0.05) is 6.42 Å². The van der Waals surface area contributed by atoms with Gasteiger partial charge in [-0.2, -0.15) is 0 Å². The van der Waals surface area contributed by atoms with Crippen LogP contribution in [0.1, 0.15) is 51.9 Å². The van der Waals surface area contributed by atoms with Gasteiger partial charge in [0.1, 0.15) is 0 Å². The van der Waals surface area contributed by atoms with Gasteiger partial charge < -0.3 is 5.11 Å². The molecule has 1 N–H and O–H groups in total. The molecule has 0 amide bonds. The SMILES string of the molecule is C=CC(=O)C#CC#CCC(O)C(Cl)CCCCCCC. The molecule has 0 saturated carbocycles. The number of unbranched alkanes of at least 4 members (excludes halogenated alkanes) is 4. The van der Waals surface area contributed by atoms with Crippen LogP contribution in [0.4, 0.5) is 0 Å². The summed E-state index contributed by atoms with van der Waals surface area (Å²) in [7, 11) is 0. The second kappa shape index (κ2) is 12.8. The number of aliphatic hydroxyl groups excluding tert-OH is 1. The van der Waals surface area contributed by atoms with E-state index in [2.05, 4.69) is 37.2 Å². The van der Waals surface area contributed by atoms with Gasteiger partial charge in [-0.1, -0.05) is 51.5 Å². The molecule has 2 nitrogen and oxygen atoms in total. The van der Waals surface area contributed by atoms with E-state index in [1.807, 2.05) is 0 Å². The second-order valence-corrected chi connectivity index (χ2v) is 5.17. The Morgan fingerprint density at radius 3 is 2.65 bits per heavy atom. The summed E-state index contributed by atoms with van der Waals surface area (Å²) in [4.78, 5) is 10.8. The highest BCUT2D eigenvalue weighted by molar-refractivity contribution is 6.21. The van der Waals surface area contributed by atoms with Crippen LogP contribution in [0.2, 0.25) is 0 Å². The molecule has 0 spiro atoms. The molecule has 2 unspecified atom stereocenters. The number of aliphatic hydroxyl groups is 1. The lowest BCUT2D eigenvalue weighted by molar-refractivity contribution is -0.109. The zero-order chi connectivity index (χ0) is 15.2. The minimum absolute atomic E-state index is 0.270. The molecule has 0 fully saturated rings. The summed E-state index contributed by atoms with van der Waals surface area (Å²) in [5.74, 6) is 9.58. The first-order valence-electron chi connectivity index (χ1n) is 7.09. The fraction of sp³-hybridized carbons (Fsp3) is 0.588. The van der Waals surface area contributed by atoms with Crippen molar-refractivity contribution >= 4 is 17.4 Å². The lowest BCUT2D eigenvalue weighted by Crippen LogP contribution is -2.20. The minimum Gasteiger partial charge on any atom is -0.391 e. The topological polar surface area (TPSA) is 37.3 Å². The van der Waals surface area contributed by atoms with Crippen LogP contribution < -0.4 is 0 Å². The Hall–Kier alpha value is -1.22. The average Bonchev–Trinajstić information content (AvgIpc) is 2.45. The summed E-state index contributed by atoms with van der Waals surface area (Å²) in [5, 5.41) is 9.54. The van der Waals surface area contributed by atoms with Crippen molar-refractivity contribution in [3.63, 3.8) is 0 Å². The fourth-order valence-corrected chi connectivity index (χ4v) is 1.85. The van der Waals surface area contributed by atoms with Gasteiger partial charge in [0.25, 0.3) is 0 Å². The van der Waals surface area contributed by atoms with Crippen molar-refractivity contribution < 1.29 is 9.90 Å². The number of allylic oxidation sites excluding steroid dienone is 1. The fourth-order valence-electron chi connectivity index (χ4n) is 1.61. The summed E-state index contributed by atoms with van der Waals surface area (Å²) < 4.78 is 0. The highest BCUT2D eigenvalue weighted by Gasteiger charge is 2.14. The Morgan fingerprint density at radius 1 is 1.30 bits per heavy atom. The molecule has 0 bridgehead atoms. The van der Waals surface area contributed by atoms with Crippen molar-refractivity contribution in [1.29, 1.82) is 0 Å². The summed E-state index contributed by atoms with van der Waals surface area (Å²) in [6, 6.07) is 0. The zero-order valence-electron chi connectivity index (χ0n) is 12.1. The van der Waals surface area contributed by atoms with Gasteiger partial charge in [0.15, 0.2) is 0 Å². The monoisotopic (exact) mass is 294 g/mol. The Bertz CT molecular complexity index is 406. The maximum atomic E-state index is 10.8. The number of ketones is 1. The van der Waals surface area contributed by atoms with Gasteiger partial charge in [0.2, 0.25) is 5.78 Å². The van der Waals surface area contributed by atoms with Gasteiger partial charge in [-0.25, -0.2) is 0 Å². The summed E-state index contributed by atoms with van der Waals surface area (Å²) >= 11 is 6.11. The van der Waals surface area contributed by atoms with Gasteiger partial charge in [-0.05, 0) is 30.3 Å². The lowest BCUT2D eigenvalue weighted by Gasteiger charge is -2.14. The Labute approximate surface area is 127 Å². The van der Waals surface area contributed by atoms with E-state index in [0.29, 0.717) is 0 Å². The zero-order valence-corrected chi connectivity index (χ0v) is 12.9. The van der Waals surface area contributed by atoms with Crippen LogP contribution in [-0.2, 0) is 4.79 Å². The number of hydrogen-bond donors (Lipinski definition) is 1. The van der Waals surface area contributed by atoms with E-state index in [9.17, 15) is 9.90 Å². The molecule has 3 heteroatoms. The maximum Gasteiger partial charge on any atom is 0.229 e. The normalized spacial score (nSPS) is 12.3. The third-order valence-electron chi connectivity index (χ3n) is 2.83. The first kappa shape index (κ1) is 18.8. The quantitative estimate of drug-likeness (QED) is 0.232. The number of alkyl halides is 1. The third-order valence-corrected chi connectivity index (χ3v) is 3.34. The van der Waals surface area contributed by atoms with E-state index < -0.39 is 6.10 Å². The summed E-state index contributed by atoms with van der Waals surface area (Å²) in [6.45, 7) is 5.48. The van der Waals surface area contributed by atoms with E-state index in [1.54, 1.807) is 0 Å². The van der Waals surface area contributed by atoms with Crippen LogP contribution in [0, 0.1) is 23.7 Å². The molecule has 0 heterocycles. The molecule has 20 heavy (non-hydrogen) atoms. The van der Waals surface area contributed by atoms with Gasteiger partial charge in [-0.3, -0.25) is 4.79 Å². The first-order chi connectivity index (χ1) is 9.61. The molecule has 0 radical (unpaired) electrons. The van der Waals surface area contributed by atoms with Crippen LogP contribution in [0.5, 0.6) is 0 Å². The second-order valence-electron chi connectivity index (χ2n) is 4.61. The number of carbonyl (C=O) groups excluding carboxylic acids is 1. The Balaban J connectivity index is 3.86. The standard InChI is InChI=1S/C17H23ClO2/c1-3-5-6-7-10-13-16(18)17(20)14-11-8-9-12-15(19)4-2/h4,16-17,20H,2-3,5-7,10,13-14H2,1H3. The van der Waals surface area contributed by atoms with Crippen LogP contribution in [0.15, 0.2) is 12.7 Å².